The molecule has 1 aromatic carbocycles. The number of hydrogen-bond acceptors (Lipinski definition) is 3. The molecule has 2 aromatic rings. The molecule has 0 aliphatic heterocycles. The number of carboxylic acid groups (broad SMARTS) is 1. The monoisotopic (exact) mass is 276 g/mol. The molecule has 4 nitrogen and oxygen atoms in total. The molecule has 1 atom stereocenters. The van der Waals surface area contributed by atoms with Gasteiger partial charge in [0.05, 0.1) is 0 Å². The molecule has 2 rings (SSSR count). The zero-order chi connectivity index (χ0) is 13.8. The lowest BCUT2D eigenvalue weighted by Gasteiger charge is -2.11. The predicted octanol–water partition coefficient (Wildman–Crippen LogP) is 2.85. The summed E-state index contributed by atoms with van der Waals surface area (Å²) in [4.78, 5) is 19.5. The van der Waals surface area contributed by atoms with Gasteiger partial charge in [0, 0.05) is 17.4 Å². The van der Waals surface area contributed by atoms with Crippen molar-refractivity contribution in [3.63, 3.8) is 0 Å². The highest BCUT2D eigenvalue weighted by Gasteiger charge is 2.23. The van der Waals surface area contributed by atoms with E-state index in [0.717, 1.165) is 11.1 Å². The smallest absolute Gasteiger partial charge is 0.314 e. The number of aliphatic carboxylic acids is 1. The van der Waals surface area contributed by atoms with Crippen LogP contribution >= 0.6 is 11.6 Å². The van der Waals surface area contributed by atoms with Crippen molar-refractivity contribution < 1.29 is 9.90 Å². The fourth-order valence-corrected chi connectivity index (χ4v) is 1.85. The number of hydrogen-bond donors (Lipinski definition) is 1. The Morgan fingerprint density at radius 3 is 2.37 bits per heavy atom. The average Bonchev–Trinajstić information content (AvgIpc) is 2.39. The third kappa shape index (κ3) is 3.51. The van der Waals surface area contributed by atoms with E-state index < -0.39 is 11.9 Å². The number of carboxylic acids is 1. The van der Waals surface area contributed by atoms with E-state index in [9.17, 15) is 9.90 Å². The molecule has 98 valence electrons. The number of halogens is 1. The molecule has 0 saturated heterocycles. The Hall–Kier alpha value is -1.94. The lowest BCUT2D eigenvalue weighted by atomic mass is 9.98. The maximum absolute atomic E-state index is 11.4. The number of aryl methyl sites for hydroxylation is 1. The van der Waals surface area contributed by atoms with Crippen LogP contribution in [-0.2, 0) is 11.2 Å². The van der Waals surface area contributed by atoms with Gasteiger partial charge in [0.1, 0.15) is 11.7 Å². The standard InChI is InChI=1S/C14H13ClN2O2/c1-9-7-16-13(17-8-9)12(14(18)19)6-10-2-4-11(15)5-3-10/h2-5,7-8,12H,6H2,1H3,(H,18,19). The Morgan fingerprint density at radius 1 is 1.26 bits per heavy atom. The quantitative estimate of drug-likeness (QED) is 0.933. The topological polar surface area (TPSA) is 63.1 Å². The molecule has 1 unspecified atom stereocenters. The van der Waals surface area contributed by atoms with Crippen molar-refractivity contribution >= 4 is 17.6 Å². The van der Waals surface area contributed by atoms with E-state index >= 15 is 0 Å². The van der Waals surface area contributed by atoms with Crippen LogP contribution in [0.2, 0.25) is 5.02 Å². The first-order chi connectivity index (χ1) is 9.06. The van der Waals surface area contributed by atoms with Crippen LogP contribution in [0.3, 0.4) is 0 Å². The zero-order valence-corrected chi connectivity index (χ0v) is 11.1. The Bertz CT molecular complexity index is 567. The summed E-state index contributed by atoms with van der Waals surface area (Å²) in [6.45, 7) is 1.86. The molecule has 1 heterocycles. The van der Waals surface area contributed by atoms with Gasteiger partial charge in [0.25, 0.3) is 0 Å². The second-order valence-corrected chi connectivity index (χ2v) is 4.78. The molecule has 0 radical (unpaired) electrons. The van der Waals surface area contributed by atoms with E-state index in [2.05, 4.69) is 9.97 Å². The molecule has 1 aromatic heterocycles. The van der Waals surface area contributed by atoms with Crippen LogP contribution in [0.4, 0.5) is 0 Å². The van der Waals surface area contributed by atoms with Crippen LogP contribution < -0.4 is 0 Å². The minimum absolute atomic E-state index is 0.327. The highest BCUT2D eigenvalue weighted by molar-refractivity contribution is 6.30. The van der Waals surface area contributed by atoms with E-state index in [1.807, 2.05) is 19.1 Å². The average molecular weight is 277 g/mol. The molecule has 0 fully saturated rings. The maximum Gasteiger partial charge on any atom is 0.314 e. The van der Waals surface area contributed by atoms with E-state index in [1.54, 1.807) is 24.5 Å². The summed E-state index contributed by atoms with van der Waals surface area (Å²) in [5, 5.41) is 9.93. The van der Waals surface area contributed by atoms with Gasteiger partial charge >= 0.3 is 5.97 Å². The summed E-state index contributed by atoms with van der Waals surface area (Å²) >= 11 is 5.80. The molecule has 0 saturated carbocycles. The van der Waals surface area contributed by atoms with Gasteiger partial charge in [-0.2, -0.15) is 0 Å². The van der Waals surface area contributed by atoms with Crippen molar-refractivity contribution in [2.45, 2.75) is 19.3 Å². The van der Waals surface area contributed by atoms with E-state index in [-0.39, 0.29) is 0 Å². The van der Waals surface area contributed by atoms with Crippen LogP contribution in [0.25, 0.3) is 0 Å². The number of aromatic nitrogens is 2. The number of benzene rings is 1. The summed E-state index contributed by atoms with van der Waals surface area (Å²) < 4.78 is 0. The fourth-order valence-electron chi connectivity index (χ4n) is 1.73. The van der Waals surface area contributed by atoms with Gasteiger partial charge in [-0.25, -0.2) is 9.97 Å². The first-order valence-electron chi connectivity index (χ1n) is 5.82. The van der Waals surface area contributed by atoms with E-state index in [4.69, 9.17) is 11.6 Å². The first kappa shape index (κ1) is 13.5. The highest BCUT2D eigenvalue weighted by atomic mass is 35.5. The van der Waals surface area contributed by atoms with Crippen molar-refractivity contribution in [3.05, 3.63) is 58.6 Å². The SMILES string of the molecule is Cc1cnc(C(Cc2ccc(Cl)cc2)C(=O)O)nc1. The van der Waals surface area contributed by atoms with Crippen LogP contribution in [0.1, 0.15) is 22.9 Å². The number of rotatable bonds is 4. The summed E-state index contributed by atoms with van der Waals surface area (Å²) in [7, 11) is 0. The summed E-state index contributed by atoms with van der Waals surface area (Å²) in [6, 6.07) is 7.11. The van der Waals surface area contributed by atoms with Gasteiger partial charge in [-0.3, -0.25) is 4.79 Å². The fraction of sp³-hybridized carbons (Fsp3) is 0.214. The molecule has 0 amide bonds. The van der Waals surface area contributed by atoms with Crippen LogP contribution in [0.5, 0.6) is 0 Å². The van der Waals surface area contributed by atoms with Crippen LogP contribution in [-0.4, -0.2) is 21.0 Å². The normalized spacial score (nSPS) is 12.1. The zero-order valence-electron chi connectivity index (χ0n) is 10.4. The van der Waals surface area contributed by atoms with Gasteiger partial charge in [0.15, 0.2) is 0 Å². The molecule has 19 heavy (non-hydrogen) atoms. The Kier molecular flexibility index (Phi) is 4.12. The van der Waals surface area contributed by atoms with Crippen molar-refractivity contribution in [3.8, 4) is 0 Å². The molecular weight excluding hydrogens is 264 g/mol. The third-order valence-electron chi connectivity index (χ3n) is 2.76. The third-order valence-corrected chi connectivity index (χ3v) is 3.02. The van der Waals surface area contributed by atoms with Gasteiger partial charge < -0.3 is 5.11 Å². The summed E-state index contributed by atoms with van der Waals surface area (Å²) in [5.74, 6) is -1.35. The first-order valence-corrected chi connectivity index (χ1v) is 6.20. The van der Waals surface area contributed by atoms with Gasteiger partial charge in [-0.1, -0.05) is 23.7 Å². The van der Waals surface area contributed by atoms with Crippen LogP contribution in [0.15, 0.2) is 36.7 Å². The molecule has 0 aliphatic carbocycles. The van der Waals surface area contributed by atoms with Gasteiger partial charge in [-0.15, -0.1) is 0 Å². The number of nitrogens with zero attached hydrogens (tertiary/aromatic N) is 2. The predicted molar refractivity (Wildman–Crippen MR) is 72.3 cm³/mol. The molecule has 0 spiro atoms. The molecule has 0 aliphatic rings. The second-order valence-electron chi connectivity index (χ2n) is 4.34. The van der Waals surface area contributed by atoms with Crippen molar-refractivity contribution in [2.75, 3.05) is 0 Å². The maximum atomic E-state index is 11.4. The Morgan fingerprint density at radius 2 is 1.84 bits per heavy atom. The second kappa shape index (κ2) is 5.80. The Labute approximate surface area is 116 Å². The lowest BCUT2D eigenvalue weighted by molar-refractivity contribution is -0.139. The summed E-state index contributed by atoms with van der Waals surface area (Å²) in [5.41, 5.74) is 1.79. The summed E-state index contributed by atoms with van der Waals surface area (Å²) in [6.07, 6.45) is 3.59. The van der Waals surface area contributed by atoms with Gasteiger partial charge in [-0.05, 0) is 36.6 Å². The lowest BCUT2D eigenvalue weighted by Crippen LogP contribution is -2.17. The minimum atomic E-state index is -0.932. The number of carbonyl (C=O) groups is 1. The Balaban J connectivity index is 2.23. The van der Waals surface area contributed by atoms with E-state index in [1.165, 1.54) is 0 Å². The van der Waals surface area contributed by atoms with Crippen molar-refractivity contribution in [1.29, 1.82) is 0 Å². The molecule has 1 N–H and O–H groups in total. The van der Waals surface area contributed by atoms with E-state index in [0.29, 0.717) is 17.3 Å². The molecule has 0 bridgehead atoms. The largest absolute Gasteiger partial charge is 0.481 e. The van der Waals surface area contributed by atoms with Crippen LogP contribution in [0, 0.1) is 6.92 Å². The van der Waals surface area contributed by atoms with Crippen molar-refractivity contribution in [2.24, 2.45) is 0 Å². The van der Waals surface area contributed by atoms with Gasteiger partial charge in [0.2, 0.25) is 0 Å². The molecule has 5 heteroatoms. The molecular formula is C14H13ClN2O2. The highest BCUT2D eigenvalue weighted by Crippen LogP contribution is 2.19. The minimum Gasteiger partial charge on any atom is -0.481 e. The van der Waals surface area contributed by atoms with Crippen molar-refractivity contribution in [1.82, 2.24) is 9.97 Å².